The standard InChI is InChI=1S/C32H36F3N5O6S/c1-21-19-27(40(23(3)42)26-9-14-38(15-10-26)22(2)41)8-7-24(21)11-18-47(44,45)39-16-12-31(13-17-39)30(43)36-29(37-31)25-5-4-6-28(20-25)46-32(33,34)35/h4-8,11,18-20,26H,9-10,12-17H2,1-3H3,(H,36,37,43)/b18-11+. The first-order chi connectivity index (χ1) is 22.1. The normalized spacial score (nSPS) is 19.1. The third-order valence-corrected chi connectivity index (χ3v) is 10.4. The molecule has 0 atom stereocenters. The Morgan fingerprint density at radius 1 is 1.06 bits per heavy atom. The Bertz CT molecular complexity index is 1730. The van der Waals surface area contributed by atoms with Gasteiger partial charge in [-0.25, -0.2) is 8.42 Å². The number of ether oxygens (including phenoxy) is 1. The highest BCUT2D eigenvalue weighted by Gasteiger charge is 2.47. The fourth-order valence-electron chi connectivity index (χ4n) is 6.27. The van der Waals surface area contributed by atoms with Crippen molar-refractivity contribution in [2.24, 2.45) is 4.99 Å². The van der Waals surface area contributed by atoms with Gasteiger partial charge in [0.1, 0.15) is 17.1 Å². The molecule has 252 valence electrons. The summed E-state index contributed by atoms with van der Waals surface area (Å²) < 4.78 is 69.7. The van der Waals surface area contributed by atoms with E-state index in [0.717, 1.165) is 23.1 Å². The molecular weight excluding hydrogens is 639 g/mol. The molecule has 2 saturated heterocycles. The number of sulfonamides is 1. The predicted molar refractivity (Wildman–Crippen MR) is 169 cm³/mol. The molecule has 3 amide bonds. The smallest absolute Gasteiger partial charge is 0.406 e. The number of alkyl halides is 3. The number of benzene rings is 2. The van der Waals surface area contributed by atoms with Gasteiger partial charge in [0.15, 0.2) is 0 Å². The summed E-state index contributed by atoms with van der Waals surface area (Å²) in [6.07, 6.45) is -1.87. The number of rotatable bonds is 7. The number of hydrogen-bond acceptors (Lipinski definition) is 7. The summed E-state index contributed by atoms with van der Waals surface area (Å²) in [7, 11) is -3.87. The molecule has 0 unspecified atom stereocenters. The second-order valence-electron chi connectivity index (χ2n) is 11.9. The molecule has 0 radical (unpaired) electrons. The highest BCUT2D eigenvalue weighted by atomic mass is 32.2. The van der Waals surface area contributed by atoms with Crippen molar-refractivity contribution in [3.63, 3.8) is 0 Å². The molecule has 3 aliphatic heterocycles. The van der Waals surface area contributed by atoms with Crippen LogP contribution in [0, 0.1) is 6.92 Å². The summed E-state index contributed by atoms with van der Waals surface area (Å²) in [5.41, 5.74) is 1.13. The van der Waals surface area contributed by atoms with Crippen molar-refractivity contribution >= 4 is 45.3 Å². The summed E-state index contributed by atoms with van der Waals surface area (Å²) in [6.45, 7) is 6.05. The molecule has 0 saturated carbocycles. The number of anilines is 1. The van der Waals surface area contributed by atoms with Gasteiger partial charge in [-0.3, -0.25) is 19.4 Å². The van der Waals surface area contributed by atoms with Crippen molar-refractivity contribution < 1.29 is 40.7 Å². The average Bonchev–Trinajstić information content (AvgIpc) is 3.31. The number of nitrogens with zero attached hydrogens (tertiary/aromatic N) is 4. The summed E-state index contributed by atoms with van der Waals surface area (Å²) in [4.78, 5) is 45.3. The monoisotopic (exact) mass is 675 g/mol. The van der Waals surface area contributed by atoms with Crippen LogP contribution >= 0.6 is 0 Å². The summed E-state index contributed by atoms with van der Waals surface area (Å²) in [5.74, 6) is -0.896. The van der Waals surface area contributed by atoms with Crippen molar-refractivity contribution in [2.75, 3.05) is 31.1 Å². The van der Waals surface area contributed by atoms with Crippen molar-refractivity contribution in [3.8, 4) is 5.75 Å². The number of piperidine rings is 2. The lowest BCUT2D eigenvalue weighted by atomic mass is 9.89. The molecule has 3 heterocycles. The van der Waals surface area contributed by atoms with Crippen LogP contribution in [0.25, 0.3) is 6.08 Å². The third-order valence-electron chi connectivity index (χ3n) is 8.80. The Kier molecular flexibility index (Phi) is 9.51. The second kappa shape index (κ2) is 13.1. The van der Waals surface area contributed by atoms with Crippen LogP contribution in [-0.2, 0) is 24.4 Å². The minimum Gasteiger partial charge on any atom is -0.406 e. The summed E-state index contributed by atoms with van der Waals surface area (Å²) >= 11 is 0. The van der Waals surface area contributed by atoms with E-state index in [1.807, 2.05) is 13.0 Å². The molecule has 0 aliphatic carbocycles. The Balaban J connectivity index is 1.24. The maximum Gasteiger partial charge on any atom is 0.573 e. The Hall–Kier alpha value is -4.24. The Morgan fingerprint density at radius 2 is 1.74 bits per heavy atom. The summed E-state index contributed by atoms with van der Waals surface area (Å²) in [5, 5.41) is 3.74. The van der Waals surface area contributed by atoms with Crippen LogP contribution in [0.2, 0.25) is 0 Å². The zero-order valence-electron chi connectivity index (χ0n) is 26.2. The van der Waals surface area contributed by atoms with Crippen LogP contribution in [0.1, 0.15) is 56.2 Å². The number of carbonyl (C=O) groups excluding carboxylic acids is 3. The van der Waals surface area contributed by atoms with Crippen LogP contribution < -0.4 is 15.0 Å². The van der Waals surface area contributed by atoms with Crippen LogP contribution in [-0.4, -0.2) is 85.3 Å². The molecule has 2 aromatic rings. The first-order valence-corrected chi connectivity index (χ1v) is 16.7. The fraction of sp³-hybridized carbons (Fsp3) is 0.438. The number of amidine groups is 1. The zero-order chi connectivity index (χ0) is 34.1. The Morgan fingerprint density at radius 3 is 2.34 bits per heavy atom. The number of likely N-dealkylation sites (tertiary alicyclic amines) is 1. The first kappa shape index (κ1) is 34.1. The van der Waals surface area contributed by atoms with Crippen LogP contribution in [0.15, 0.2) is 52.9 Å². The van der Waals surface area contributed by atoms with Gasteiger partial charge in [0.2, 0.25) is 21.8 Å². The zero-order valence-corrected chi connectivity index (χ0v) is 27.0. The van der Waals surface area contributed by atoms with E-state index in [-0.39, 0.29) is 55.2 Å². The quantitative estimate of drug-likeness (QED) is 0.473. The molecule has 2 aromatic carbocycles. The number of nitrogens with one attached hydrogen (secondary N) is 1. The largest absolute Gasteiger partial charge is 0.573 e. The van der Waals surface area contributed by atoms with Gasteiger partial charge in [-0.2, -0.15) is 4.31 Å². The van der Waals surface area contributed by atoms with Gasteiger partial charge in [0.05, 0.1) is 0 Å². The van der Waals surface area contributed by atoms with Gasteiger partial charge in [-0.1, -0.05) is 18.2 Å². The molecule has 1 spiro atoms. The van der Waals surface area contributed by atoms with E-state index in [1.54, 1.807) is 21.9 Å². The number of aryl methyl sites for hydroxylation is 1. The lowest BCUT2D eigenvalue weighted by molar-refractivity contribution is -0.274. The molecule has 11 nitrogen and oxygen atoms in total. The fourth-order valence-corrected chi connectivity index (χ4v) is 7.46. The van der Waals surface area contributed by atoms with Crippen LogP contribution in [0.4, 0.5) is 18.9 Å². The molecular formula is C32H36F3N5O6S. The van der Waals surface area contributed by atoms with Crippen molar-refractivity contribution in [2.45, 2.75) is 64.4 Å². The number of amides is 3. The highest BCUT2D eigenvalue weighted by molar-refractivity contribution is 7.92. The lowest BCUT2D eigenvalue weighted by Crippen LogP contribution is -2.50. The van der Waals surface area contributed by atoms with Gasteiger partial charge in [0.25, 0.3) is 5.91 Å². The molecule has 0 aromatic heterocycles. The lowest BCUT2D eigenvalue weighted by Gasteiger charge is -2.38. The van der Waals surface area contributed by atoms with E-state index < -0.39 is 33.6 Å². The highest BCUT2D eigenvalue weighted by Crippen LogP contribution is 2.33. The SMILES string of the molecule is CC(=O)N1CCC(N(C(C)=O)c2ccc(/C=C/S(=O)(=O)N3CCC4(CC3)N=C(c3cccc(OC(F)(F)F)c3)NC4=O)c(C)c2)CC1. The van der Waals surface area contributed by atoms with E-state index in [4.69, 9.17) is 0 Å². The number of aliphatic imine (C=N–C) groups is 1. The number of hydrogen-bond donors (Lipinski definition) is 1. The molecule has 3 aliphatic rings. The second-order valence-corrected chi connectivity index (χ2v) is 13.8. The van der Waals surface area contributed by atoms with Gasteiger partial charge >= 0.3 is 6.36 Å². The first-order valence-electron chi connectivity index (χ1n) is 15.2. The number of carbonyl (C=O) groups is 3. The molecule has 15 heteroatoms. The molecule has 2 fully saturated rings. The van der Waals surface area contributed by atoms with Gasteiger partial charge < -0.3 is 19.9 Å². The van der Waals surface area contributed by atoms with Crippen molar-refractivity contribution in [1.29, 1.82) is 0 Å². The molecule has 5 rings (SSSR count). The van der Waals surface area contributed by atoms with Crippen LogP contribution in [0.3, 0.4) is 0 Å². The maximum atomic E-state index is 13.3. The van der Waals surface area contributed by atoms with Crippen molar-refractivity contribution in [1.82, 2.24) is 14.5 Å². The molecule has 0 bridgehead atoms. The number of halogens is 3. The average molecular weight is 676 g/mol. The topological polar surface area (TPSA) is 129 Å². The van der Waals surface area contributed by atoms with E-state index in [2.05, 4.69) is 15.0 Å². The maximum absolute atomic E-state index is 13.3. The van der Waals surface area contributed by atoms with Crippen LogP contribution in [0.5, 0.6) is 5.75 Å². The van der Waals surface area contributed by atoms with E-state index >= 15 is 0 Å². The third kappa shape index (κ3) is 7.67. The molecule has 1 N–H and O–H groups in total. The van der Waals surface area contributed by atoms with Gasteiger partial charge in [-0.05, 0) is 74.1 Å². The van der Waals surface area contributed by atoms with E-state index in [9.17, 15) is 36.0 Å². The van der Waals surface area contributed by atoms with Gasteiger partial charge in [-0.15, -0.1) is 13.2 Å². The van der Waals surface area contributed by atoms with Gasteiger partial charge in [0, 0.05) is 62.7 Å². The van der Waals surface area contributed by atoms with E-state index in [1.165, 1.54) is 36.4 Å². The minimum atomic E-state index is -4.87. The molecule has 47 heavy (non-hydrogen) atoms. The predicted octanol–water partition coefficient (Wildman–Crippen LogP) is 3.97. The van der Waals surface area contributed by atoms with Crippen molar-refractivity contribution in [3.05, 3.63) is 64.6 Å². The Labute approximate surface area is 271 Å². The summed E-state index contributed by atoms with van der Waals surface area (Å²) in [6, 6.07) is 10.4. The van der Waals surface area contributed by atoms with E-state index in [0.29, 0.717) is 37.2 Å². The minimum absolute atomic E-state index is 0.0125.